The van der Waals surface area contributed by atoms with Gasteiger partial charge in [-0.05, 0) is 30.2 Å². The number of hydrogen-bond acceptors (Lipinski definition) is 4. The van der Waals surface area contributed by atoms with Crippen molar-refractivity contribution in [3.63, 3.8) is 0 Å². The molecular formula is C16H10Cl2F3NO4S. The van der Waals surface area contributed by atoms with Crippen LogP contribution in [-0.4, -0.2) is 22.5 Å². The fourth-order valence-corrected chi connectivity index (χ4v) is 4.32. The lowest BCUT2D eigenvalue weighted by Gasteiger charge is -2.31. The Balaban J connectivity index is 2.00. The molecule has 1 aliphatic heterocycles. The lowest BCUT2D eigenvalue weighted by Crippen LogP contribution is -2.41. The smallest absolute Gasteiger partial charge is 0.404 e. The molecule has 0 amide bonds. The molecule has 2 aromatic rings. The number of hydrogen-bond donors (Lipinski definition) is 1. The average molecular weight is 440 g/mol. The standard InChI is InChI=1S/C16H10Cl2F3NO4S/c17-9-2-1-3-22(25)14(9)26-11-6-12-7(5-10(11)18)4-8(15(23)24)13(27-12)16(19,20)21/h1-3,5-6,8,13H,4H2,(H,23,24). The van der Waals surface area contributed by atoms with E-state index in [0.717, 1.165) is 6.20 Å². The van der Waals surface area contributed by atoms with Gasteiger partial charge in [0, 0.05) is 11.0 Å². The first-order valence-electron chi connectivity index (χ1n) is 7.42. The molecule has 0 spiro atoms. The van der Waals surface area contributed by atoms with Crippen molar-refractivity contribution in [2.75, 3.05) is 0 Å². The average Bonchev–Trinajstić information content (AvgIpc) is 2.56. The largest absolute Gasteiger partial charge is 0.616 e. The van der Waals surface area contributed by atoms with Gasteiger partial charge in [0.05, 0.1) is 10.9 Å². The number of nitrogens with zero attached hydrogens (tertiary/aromatic N) is 1. The van der Waals surface area contributed by atoms with Crippen molar-refractivity contribution in [2.45, 2.75) is 22.7 Å². The summed E-state index contributed by atoms with van der Waals surface area (Å²) in [6.45, 7) is 0. The number of halogens is 5. The fraction of sp³-hybridized carbons (Fsp3) is 0.250. The van der Waals surface area contributed by atoms with Crippen molar-refractivity contribution in [3.05, 3.63) is 51.3 Å². The van der Waals surface area contributed by atoms with E-state index < -0.39 is 23.3 Å². The molecule has 3 rings (SSSR count). The normalized spacial score (nSPS) is 19.4. The van der Waals surface area contributed by atoms with Gasteiger partial charge < -0.3 is 15.1 Å². The van der Waals surface area contributed by atoms with Crippen LogP contribution in [-0.2, 0) is 11.2 Å². The highest BCUT2D eigenvalue weighted by molar-refractivity contribution is 8.00. The van der Waals surface area contributed by atoms with Crippen LogP contribution in [0.3, 0.4) is 0 Å². The van der Waals surface area contributed by atoms with Crippen LogP contribution in [0.4, 0.5) is 13.2 Å². The topological polar surface area (TPSA) is 73.5 Å². The van der Waals surface area contributed by atoms with Crippen molar-refractivity contribution in [3.8, 4) is 11.6 Å². The summed E-state index contributed by atoms with van der Waals surface area (Å²) in [5.41, 5.74) is 0.361. The molecule has 2 heterocycles. The van der Waals surface area contributed by atoms with Gasteiger partial charge in [-0.1, -0.05) is 23.2 Å². The highest BCUT2D eigenvalue weighted by atomic mass is 35.5. The van der Waals surface area contributed by atoms with Crippen LogP contribution in [0, 0.1) is 11.1 Å². The van der Waals surface area contributed by atoms with E-state index in [4.69, 9.17) is 33.0 Å². The molecule has 0 radical (unpaired) electrons. The number of aliphatic carboxylic acids is 1. The first-order valence-corrected chi connectivity index (χ1v) is 9.05. The number of pyridine rings is 1. The number of aromatic nitrogens is 1. The summed E-state index contributed by atoms with van der Waals surface area (Å²) in [7, 11) is 0. The number of ether oxygens (including phenoxy) is 1. The van der Waals surface area contributed by atoms with E-state index in [0.29, 0.717) is 22.1 Å². The van der Waals surface area contributed by atoms with E-state index in [1.807, 2.05) is 0 Å². The minimum Gasteiger partial charge on any atom is -0.616 e. The second kappa shape index (κ2) is 7.29. The number of fused-ring (bicyclic) bond motifs is 1. The van der Waals surface area contributed by atoms with Gasteiger partial charge in [-0.3, -0.25) is 4.79 Å². The maximum Gasteiger partial charge on any atom is 0.404 e. The van der Waals surface area contributed by atoms with Crippen LogP contribution in [0.15, 0.2) is 35.4 Å². The van der Waals surface area contributed by atoms with E-state index in [9.17, 15) is 23.2 Å². The number of carboxylic acids is 1. The third-order valence-corrected chi connectivity index (χ3v) is 5.96. The maximum absolute atomic E-state index is 13.3. The Morgan fingerprint density at radius 2 is 2.04 bits per heavy atom. The van der Waals surface area contributed by atoms with Gasteiger partial charge in [0.1, 0.15) is 5.25 Å². The molecule has 0 aliphatic carbocycles. The first kappa shape index (κ1) is 19.9. The van der Waals surface area contributed by atoms with Gasteiger partial charge >= 0.3 is 18.0 Å². The summed E-state index contributed by atoms with van der Waals surface area (Å²) in [6.07, 6.45) is -3.89. The molecule has 1 aliphatic rings. The molecule has 27 heavy (non-hydrogen) atoms. The Bertz CT molecular complexity index is 890. The SMILES string of the molecule is O=C(O)C1Cc2cc(Cl)c(Oc3c(Cl)ccc[n+]3[O-])cc2SC1C(F)(F)F. The molecule has 1 aromatic heterocycles. The van der Waals surface area contributed by atoms with E-state index >= 15 is 0 Å². The number of carboxylic acid groups (broad SMARTS) is 1. The molecule has 2 unspecified atom stereocenters. The van der Waals surface area contributed by atoms with Crippen molar-refractivity contribution >= 4 is 40.9 Å². The minimum absolute atomic E-state index is 0.00644. The Labute approximate surface area is 165 Å². The summed E-state index contributed by atoms with van der Waals surface area (Å²) in [4.78, 5) is 11.4. The van der Waals surface area contributed by atoms with Crippen molar-refractivity contribution in [1.82, 2.24) is 0 Å². The first-order chi connectivity index (χ1) is 12.6. The summed E-state index contributed by atoms with van der Waals surface area (Å²) < 4.78 is 45.6. The number of carbonyl (C=O) groups is 1. The molecule has 1 aromatic carbocycles. The Kier molecular flexibility index (Phi) is 5.38. The Hall–Kier alpha value is -1.84. The lowest BCUT2D eigenvalue weighted by molar-refractivity contribution is -0.611. The van der Waals surface area contributed by atoms with Crippen LogP contribution in [0.25, 0.3) is 0 Å². The van der Waals surface area contributed by atoms with Crippen molar-refractivity contribution in [1.29, 1.82) is 0 Å². The second-order valence-electron chi connectivity index (χ2n) is 5.71. The Morgan fingerprint density at radius 1 is 1.33 bits per heavy atom. The van der Waals surface area contributed by atoms with E-state index in [1.54, 1.807) is 0 Å². The highest BCUT2D eigenvalue weighted by Gasteiger charge is 2.50. The zero-order valence-electron chi connectivity index (χ0n) is 13.2. The highest BCUT2D eigenvalue weighted by Crippen LogP contribution is 2.48. The summed E-state index contributed by atoms with van der Waals surface area (Å²) in [5.74, 6) is -3.50. The van der Waals surface area contributed by atoms with Crippen LogP contribution in [0.2, 0.25) is 10.0 Å². The van der Waals surface area contributed by atoms with Crippen LogP contribution < -0.4 is 9.47 Å². The molecule has 11 heteroatoms. The quantitative estimate of drug-likeness (QED) is 0.554. The summed E-state index contributed by atoms with van der Waals surface area (Å²) in [6, 6.07) is 5.40. The van der Waals surface area contributed by atoms with Gasteiger partial charge in [0.25, 0.3) is 0 Å². The molecule has 0 bridgehead atoms. The van der Waals surface area contributed by atoms with Crippen LogP contribution in [0.1, 0.15) is 5.56 Å². The maximum atomic E-state index is 13.3. The third kappa shape index (κ3) is 4.04. The van der Waals surface area contributed by atoms with E-state index in [-0.39, 0.29) is 33.0 Å². The van der Waals surface area contributed by atoms with E-state index in [1.165, 1.54) is 24.3 Å². The van der Waals surface area contributed by atoms with Gasteiger partial charge in [0.15, 0.2) is 17.0 Å². The molecule has 0 saturated heterocycles. The van der Waals surface area contributed by atoms with Gasteiger partial charge in [-0.25, -0.2) is 0 Å². The summed E-state index contributed by atoms with van der Waals surface area (Å²) >= 11 is 12.4. The number of thioether (sulfide) groups is 1. The van der Waals surface area contributed by atoms with Gasteiger partial charge in [0.2, 0.25) is 0 Å². The second-order valence-corrected chi connectivity index (χ2v) is 7.71. The van der Waals surface area contributed by atoms with Gasteiger partial charge in [-0.2, -0.15) is 13.2 Å². The molecule has 5 nitrogen and oxygen atoms in total. The zero-order valence-corrected chi connectivity index (χ0v) is 15.5. The minimum atomic E-state index is -4.70. The monoisotopic (exact) mass is 439 g/mol. The molecule has 2 atom stereocenters. The Morgan fingerprint density at radius 3 is 2.63 bits per heavy atom. The lowest BCUT2D eigenvalue weighted by atomic mass is 9.94. The molecule has 0 fully saturated rings. The zero-order chi connectivity index (χ0) is 19.9. The predicted octanol–water partition coefficient (Wildman–Crippen LogP) is 4.70. The number of benzene rings is 1. The molecule has 0 saturated carbocycles. The van der Waals surface area contributed by atoms with E-state index in [2.05, 4.69) is 0 Å². The molecule has 1 N–H and O–H groups in total. The number of alkyl halides is 3. The van der Waals surface area contributed by atoms with Crippen LogP contribution >= 0.6 is 35.0 Å². The predicted molar refractivity (Wildman–Crippen MR) is 92.5 cm³/mol. The number of rotatable bonds is 3. The van der Waals surface area contributed by atoms with Gasteiger partial charge in [-0.15, -0.1) is 16.5 Å². The van der Waals surface area contributed by atoms with Crippen molar-refractivity contribution in [2.24, 2.45) is 5.92 Å². The fourth-order valence-electron chi connectivity index (χ4n) is 2.65. The van der Waals surface area contributed by atoms with Crippen molar-refractivity contribution < 1.29 is 32.5 Å². The molecule has 144 valence electrons. The third-order valence-electron chi connectivity index (χ3n) is 3.89. The molecular weight excluding hydrogens is 430 g/mol. The van der Waals surface area contributed by atoms with Crippen LogP contribution in [0.5, 0.6) is 11.6 Å². The summed E-state index contributed by atoms with van der Waals surface area (Å²) in [5, 5.41) is 18.8.